The molecule has 1 aliphatic rings. The fourth-order valence-corrected chi connectivity index (χ4v) is 2.51. The third-order valence-corrected chi connectivity index (χ3v) is 3.76. The lowest BCUT2D eigenvalue weighted by molar-refractivity contribution is -0.133. The molecule has 1 fully saturated rings. The number of rotatable bonds is 5. The lowest BCUT2D eigenvalue weighted by Gasteiger charge is -2.22. The summed E-state index contributed by atoms with van der Waals surface area (Å²) in [5, 5.41) is 3.80. The average molecular weight is 293 g/mol. The Morgan fingerprint density at radius 1 is 1.43 bits per heavy atom. The summed E-state index contributed by atoms with van der Waals surface area (Å²) in [6, 6.07) is 1.82. The Labute approximate surface area is 125 Å². The first-order valence-electron chi connectivity index (χ1n) is 7.50. The molecule has 0 radical (unpaired) electrons. The van der Waals surface area contributed by atoms with E-state index >= 15 is 0 Å². The van der Waals surface area contributed by atoms with Crippen molar-refractivity contribution in [1.82, 2.24) is 15.0 Å². The van der Waals surface area contributed by atoms with Crippen LogP contribution in [0.15, 0.2) is 10.6 Å². The van der Waals surface area contributed by atoms with Gasteiger partial charge in [0.25, 0.3) is 0 Å². The largest absolute Gasteiger partial charge is 0.359 e. The Hall–Kier alpha value is -1.85. The van der Waals surface area contributed by atoms with E-state index in [1.165, 1.54) is 0 Å². The van der Waals surface area contributed by atoms with Gasteiger partial charge >= 0.3 is 0 Å². The molecule has 1 aromatic heterocycles. The van der Waals surface area contributed by atoms with Crippen molar-refractivity contribution >= 4 is 11.8 Å². The van der Waals surface area contributed by atoms with Crippen molar-refractivity contribution in [3.63, 3.8) is 0 Å². The van der Waals surface area contributed by atoms with Gasteiger partial charge in [0.05, 0.1) is 12.2 Å². The second-order valence-electron chi connectivity index (χ2n) is 5.63. The predicted molar refractivity (Wildman–Crippen MR) is 77.4 cm³/mol. The van der Waals surface area contributed by atoms with Crippen LogP contribution < -0.4 is 0 Å². The molecule has 1 aromatic rings. The van der Waals surface area contributed by atoms with Gasteiger partial charge in [0, 0.05) is 39.0 Å². The number of nitrogens with zero attached hydrogens (tertiary/aromatic N) is 3. The molecular weight excluding hydrogens is 270 g/mol. The molecule has 0 atom stereocenters. The Bertz CT molecular complexity index is 498. The maximum Gasteiger partial charge on any atom is 0.224 e. The van der Waals surface area contributed by atoms with E-state index in [0.29, 0.717) is 31.7 Å². The van der Waals surface area contributed by atoms with Crippen molar-refractivity contribution < 1.29 is 14.1 Å². The fourth-order valence-electron chi connectivity index (χ4n) is 2.51. The topological polar surface area (TPSA) is 66.7 Å². The summed E-state index contributed by atoms with van der Waals surface area (Å²) in [6.07, 6.45) is 4.07. The maximum atomic E-state index is 12.1. The van der Waals surface area contributed by atoms with Crippen molar-refractivity contribution in [2.75, 3.05) is 20.1 Å². The zero-order chi connectivity index (χ0) is 15.2. The quantitative estimate of drug-likeness (QED) is 0.829. The van der Waals surface area contributed by atoms with Crippen molar-refractivity contribution in [3.8, 4) is 0 Å². The molecule has 0 bridgehead atoms. The number of carbonyl (C=O) groups is 2. The monoisotopic (exact) mass is 293 g/mol. The molecule has 0 aliphatic carbocycles. The number of aromatic nitrogens is 1. The molecule has 6 heteroatoms. The van der Waals surface area contributed by atoms with Gasteiger partial charge in [-0.25, -0.2) is 0 Å². The molecular formula is C15H23N3O3. The van der Waals surface area contributed by atoms with Crippen LogP contribution in [-0.2, 0) is 16.1 Å². The first-order chi connectivity index (χ1) is 10.1. The second-order valence-corrected chi connectivity index (χ2v) is 5.63. The summed E-state index contributed by atoms with van der Waals surface area (Å²) in [7, 11) is 1.74. The Morgan fingerprint density at radius 2 is 2.24 bits per heavy atom. The van der Waals surface area contributed by atoms with E-state index in [-0.39, 0.29) is 11.8 Å². The Morgan fingerprint density at radius 3 is 2.95 bits per heavy atom. The van der Waals surface area contributed by atoms with E-state index in [4.69, 9.17) is 4.52 Å². The van der Waals surface area contributed by atoms with Gasteiger partial charge in [0.15, 0.2) is 5.76 Å². The van der Waals surface area contributed by atoms with Crippen LogP contribution >= 0.6 is 0 Å². The zero-order valence-electron chi connectivity index (χ0n) is 12.8. The number of carbonyl (C=O) groups excluding carboxylic acids is 2. The molecule has 116 valence electrons. The maximum absolute atomic E-state index is 12.1. The molecule has 1 aliphatic heterocycles. The number of hydrogen-bond donors (Lipinski definition) is 0. The molecule has 2 heterocycles. The number of likely N-dealkylation sites (tertiary alicyclic amines) is 1. The SMILES string of the molecule is Cc1cc(CN(C)C(=O)CCN2CCCCCC2=O)on1. The number of hydrogen-bond acceptors (Lipinski definition) is 4. The predicted octanol–water partition coefficient (Wildman–Crippen LogP) is 1.73. The minimum absolute atomic E-state index is 0.0149. The van der Waals surface area contributed by atoms with Crippen LogP contribution in [-0.4, -0.2) is 46.9 Å². The van der Waals surface area contributed by atoms with Crippen molar-refractivity contribution in [2.45, 2.75) is 45.6 Å². The van der Waals surface area contributed by atoms with Crippen LogP contribution in [0.3, 0.4) is 0 Å². The van der Waals surface area contributed by atoms with Gasteiger partial charge in [-0.3, -0.25) is 9.59 Å². The molecule has 0 unspecified atom stereocenters. The van der Waals surface area contributed by atoms with Crippen LogP contribution in [0.5, 0.6) is 0 Å². The Balaban J connectivity index is 1.79. The molecule has 2 rings (SSSR count). The molecule has 6 nitrogen and oxygen atoms in total. The summed E-state index contributed by atoms with van der Waals surface area (Å²) >= 11 is 0. The van der Waals surface area contributed by atoms with Crippen molar-refractivity contribution in [3.05, 3.63) is 17.5 Å². The summed E-state index contributed by atoms with van der Waals surface area (Å²) in [6.45, 7) is 3.54. The second kappa shape index (κ2) is 7.24. The minimum Gasteiger partial charge on any atom is -0.359 e. The van der Waals surface area contributed by atoms with E-state index in [1.807, 2.05) is 17.9 Å². The van der Waals surface area contributed by atoms with Gasteiger partial charge in [-0.2, -0.15) is 0 Å². The highest BCUT2D eigenvalue weighted by Crippen LogP contribution is 2.12. The molecule has 0 aromatic carbocycles. The Kier molecular flexibility index (Phi) is 5.36. The first-order valence-corrected chi connectivity index (χ1v) is 7.50. The standard InChI is InChI=1S/C15H23N3O3/c1-12-10-13(21-16-12)11-17(2)14(19)7-9-18-8-5-3-4-6-15(18)20/h10H,3-9,11H2,1-2H3. The summed E-state index contributed by atoms with van der Waals surface area (Å²) in [5.41, 5.74) is 0.806. The van der Waals surface area contributed by atoms with Crippen LogP contribution in [0, 0.1) is 6.92 Å². The van der Waals surface area contributed by atoms with Gasteiger partial charge in [0.2, 0.25) is 11.8 Å². The van der Waals surface area contributed by atoms with Crippen LogP contribution in [0.2, 0.25) is 0 Å². The minimum atomic E-state index is 0.0149. The van der Waals surface area contributed by atoms with Gasteiger partial charge in [-0.05, 0) is 19.8 Å². The van der Waals surface area contributed by atoms with E-state index < -0.39 is 0 Å². The van der Waals surface area contributed by atoms with E-state index in [9.17, 15) is 9.59 Å². The molecule has 2 amide bonds. The highest BCUT2D eigenvalue weighted by molar-refractivity contribution is 5.79. The summed E-state index contributed by atoms with van der Waals surface area (Å²) in [5.74, 6) is 0.865. The van der Waals surface area contributed by atoms with Gasteiger partial charge in [-0.15, -0.1) is 0 Å². The van der Waals surface area contributed by atoms with E-state index in [2.05, 4.69) is 5.16 Å². The van der Waals surface area contributed by atoms with Gasteiger partial charge in [-0.1, -0.05) is 11.6 Å². The van der Waals surface area contributed by atoms with Gasteiger partial charge in [0.1, 0.15) is 0 Å². The normalized spacial score (nSPS) is 15.9. The third kappa shape index (κ3) is 4.58. The summed E-state index contributed by atoms with van der Waals surface area (Å²) in [4.78, 5) is 27.4. The average Bonchev–Trinajstić information content (AvgIpc) is 2.74. The van der Waals surface area contributed by atoms with Crippen LogP contribution in [0.25, 0.3) is 0 Å². The van der Waals surface area contributed by atoms with Crippen molar-refractivity contribution in [2.24, 2.45) is 0 Å². The summed E-state index contributed by atoms with van der Waals surface area (Å²) < 4.78 is 5.10. The molecule has 0 saturated carbocycles. The van der Waals surface area contributed by atoms with Gasteiger partial charge < -0.3 is 14.3 Å². The first kappa shape index (κ1) is 15.5. The molecule has 21 heavy (non-hydrogen) atoms. The lowest BCUT2D eigenvalue weighted by Crippen LogP contribution is -2.35. The zero-order valence-corrected chi connectivity index (χ0v) is 12.8. The lowest BCUT2D eigenvalue weighted by atomic mass is 10.2. The number of aryl methyl sites for hydroxylation is 1. The van der Waals surface area contributed by atoms with Crippen LogP contribution in [0.1, 0.15) is 43.6 Å². The fraction of sp³-hybridized carbons (Fsp3) is 0.667. The van der Waals surface area contributed by atoms with E-state index in [0.717, 1.165) is 31.5 Å². The van der Waals surface area contributed by atoms with Crippen LogP contribution in [0.4, 0.5) is 0 Å². The number of amides is 2. The third-order valence-electron chi connectivity index (χ3n) is 3.76. The molecule has 0 spiro atoms. The smallest absolute Gasteiger partial charge is 0.224 e. The highest BCUT2D eigenvalue weighted by atomic mass is 16.5. The molecule has 1 saturated heterocycles. The highest BCUT2D eigenvalue weighted by Gasteiger charge is 2.19. The van der Waals surface area contributed by atoms with E-state index in [1.54, 1.807) is 11.9 Å². The van der Waals surface area contributed by atoms with Crippen molar-refractivity contribution in [1.29, 1.82) is 0 Å². The molecule has 0 N–H and O–H groups in total.